The molecule has 0 radical (unpaired) electrons. The van der Waals surface area contributed by atoms with E-state index in [9.17, 15) is 0 Å². The Morgan fingerprint density at radius 1 is 1.50 bits per heavy atom. The molecule has 0 saturated carbocycles. The van der Waals surface area contributed by atoms with Crippen molar-refractivity contribution in [2.24, 2.45) is 7.05 Å². The normalized spacial score (nSPS) is 10.4. The Kier molecular flexibility index (Phi) is 1.33. The predicted octanol–water partition coefficient (Wildman–Crippen LogP) is -0.213. The van der Waals surface area contributed by atoms with Gasteiger partial charge < -0.3 is 5.73 Å². The van der Waals surface area contributed by atoms with E-state index >= 15 is 0 Å². The van der Waals surface area contributed by atoms with Gasteiger partial charge in [-0.15, -0.1) is 0 Å². The third-order valence-corrected chi connectivity index (χ3v) is 1.59. The second kappa shape index (κ2) is 2.33. The van der Waals surface area contributed by atoms with Crippen molar-refractivity contribution in [2.75, 3.05) is 5.73 Å². The van der Waals surface area contributed by atoms with Gasteiger partial charge in [0.05, 0.1) is 6.20 Å². The summed E-state index contributed by atoms with van der Waals surface area (Å²) in [5.74, 6) is 0.605. The van der Waals surface area contributed by atoms with Crippen LogP contribution in [0.25, 0.3) is 11.4 Å². The number of nitrogens with zero attached hydrogens (tertiary/aromatic N) is 4. The van der Waals surface area contributed by atoms with Gasteiger partial charge in [-0.3, -0.25) is 4.68 Å². The van der Waals surface area contributed by atoms with Crippen LogP contribution in [0, 0.1) is 0 Å². The number of hydrogen-bond acceptors (Lipinski definition) is 4. The standard InChI is InChI=1S/C6H8N6/c1-12-6(7)2-4(10-12)5-3-8-11-9-5/h2-3H,7H2,1H3,(H,8,9,11). The molecule has 2 rings (SSSR count). The average Bonchev–Trinajstić information content (AvgIpc) is 2.61. The molecule has 2 heterocycles. The number of hydrogen-bond donors (Lipinski definition) is 2. The van der Waals surface area contributed by atoms with Crippen molar-refractivity contribution in [1.29, 1.82) is 0 Å². The fourth-order valence-electron chi connectivity index (χ4n) is 0.932. The first kappa shape index (κ1) is 6.84. The van der Waals surface area contributed by atoms with Crippen molar-refractivity contribution >= 4 is 5.82 Å². The topological polar surface area (TPSA) is 85.4 Å². The van der Waals surface area contributed by atoms with Gasteiger partial charge in [0.15, 0.2) is 0 Å². The van der Waals surface area contributed by atoms with Gasteiger partial charge in [-0.2, -0.15) is 20.5 Å². The van der Waals surface area contributed by atoms with Crippen molar-refractivity contribution in [3.63, 3.8) is 0 Å². The highest BCUT2D eigenvalue weighted by Crippen LogP contribution is 2.15. The van der Waals surface area contributed by atoms with E-state index in [2.05, 4.69) is 20.5 Å². The number of rotatable bonds is 1. The molecule has 0 spiro atoms. The smallest absolute Gasteiger partial charge is 0.133 e. The molecule has 0 unspecified atom stereocenters. The zero-order chi connectivity index (χ0) is 8.55. The first-order chi connectivity index (χ1) is 5.77. The summed E-state index contributed by atoms with van der Waals surface area (Å²) in [5.41, 5.74) is 7.01. The fraction of sp³-hybridized carbons (Fsp3) is 0.167. The van der Waals surface area contributed by atoms with E-state index in [-0.39, 0.29) is 0 Å². The third kappa shape index (κ3) is 0.931. The lowest BCUT2D eigenvalue weighted by Crippen LogP contribution is -1.96. The van der Waals surface area contributed by atoms with Crippen LogP contribution in [0.1, 0.15) is 0 Å². The molecule has 12 heavy (non-hydrogen) atoms. The minimum Gasteiger partial charge on any atom is -0.384 e. The first-order valence-electron chi connectivity index (χ1n) is 3.43. The summed E-state index contributed by atoms with van der Waals surface area (Å²) in [4.78, 5) is 0. The van der Waals surface area contributed by atoms with Gasteiger partial charge in [0.2, 0.25) is 0 Å². The highest BCUT2D eigenvalue weighted by Gasteiger charge is 2.05. The zero-order valence-electron chi connectivity index (χ0n) is 6.52. The molecule has 0 atom stereocenters. The third-order valence-electron chi connectivity index (χ3n) is 1.59. The Hall–Kier alpha value is -1.85. The minimum absolute atomic E-state index is 0.605. The lowest BCUT2D eigenvalue weighted by atomic mass is 10.3. The summed E-state index contributed by atoms with van der Waals surface area (Å²) in [5, 5.41) is 14.2. The van der Waals surface area contributed by atoms with Gasteiger partial charge in [-0.05, 0) is 0 Å². The molecule has 3 N–H and O–H groups in total. The summed E-state index contributed by atoms with van der Waals surface area (Å²) in [6, 6.07) is 1.75. The van der Waals surface area contributed by atoms with Gasteiger partial charge in [0, 0.05) is 13.1 Å². The van der Waals surface area contributed by atoms with Gasteiger partial charge in [-0.25, -0.2) is 0 Å². The van der Waals surface area contributed by atoms with Crippen molar-refractivity contribution < 1.29 is 0 Å². The Morgan fingerprint density at radius 2 is 2.33 bits per heavy atom. The van der Waals surface area contributed by atoms with E-state index in [1.54, 1.807) is 24.0 Å². The number of nitrogens with one attached hydrogen (secondary N) is 1. The molecular weight excluding hydrogens is 156 g/mol. The quantitative estimate of drug-likeness (QED) is 0.610. The van der Waals surface area contributed by atoms with Gasteiger partial charge in [0.25, 0.3) is 0 Å². The Labute approximate surface area is 68.4 Å². The SMILES string of the molecule is Cn1nc(-c2cn[nH]n2)cc1N. The molecule has 6 nitrogen and oxygen atoms in total. The van der Waals surface area contributed by atoms with Crippen molar-refractivity contribution in [1.82, 2.24) is 25.2 Å². The van der Waals surface area contributed by atoms with Crippen LogP contribution in [0.3, 0.4) is 0 Å². The van der Waals surface area contributed by atoms with Crippen molar-refractivity contribution in [3.8, 4) is 11.4 Å². The summed E-state index contributed by atoms with van der Waals surface area (Å²) in [6.45, 7) is 0. The molecule has 0 bridgehead atoms. The van der Waals surface area contributed by atoms with Crippen LogP contribution >= 0.6 is 0 Å². The van der Waals surface area contributed by atoms with Gasteiger partial charge >= 0.3 is 0 Å². The van der Waals surface area contributed by atoms with E-state index in [1.165, 1.54) is 0 Å². The van der Waals surface area contributed by atoms with Gasteiger partial charge in [-0.1, -0.05) is 0 Å². The monoisotopic (exact) mass is 164 g/mol. The molecule has 0 aliphatic heterocycles. The van der Waals surface area contributed by atoms with E-state index in [1.807, 2.05) is 0 Å². The van der Waals surface area contributed by atoms with Crippen molar-refractivity contribution in [2.45, 2.75) is 0 Å². The van der Waals surface area contributed by atoms with Crippen LogP contribution in [-0.4, -0.2) is 25.2 Å². The Balaban J connectivity index is 2.48. The van der Waals surface area contributed by atoms with Crippen LogP contribution in [-0.2, 0) is 7.05 Å². The maximum absolute atomic E-state index is 5.59. The highest BCUT2D eigenvalue weighted by atomic mass is 15.3. The van der Waals surface area contributed by atoms with Crippen LogP contribution in [0.2, 0.25) is 0 Å². The Morgan fingerprint density at radius 3 is 2.83 bits per heavy atom. The van der Waals surface area contributed by atoms with Crippen LogP contribution in [0.4, 0.5) is 5.82 Å². The number of nitrogens with two attached hydrogens (primary N) is 1. The van der Waals surface area contributed by atoms with Crippen molar-refractivity contribution in [3.05, 3.63) is 12.3 Å². The number of aromatic amines is 1. The van der Waals surface area contributed by atoms with Crippen LogP contribution in [0.5, 0.6) is 0 Å². The first-order valence-corrected chi connectivity index (χ1v) is 3.43. The van der Waals surface area contributed by atoms with E-state index in [0.29, 0.717) is 11.5 Å². The second-order valence-electron chi connectivity index (χ2n) is 2.43. The van der Waals surface area contributed by atoms with E-state index in [0.717, 1.165) is 5.69 Å². The molecule has 0 aliphatic carbocycles. The molecule has 0 amide bonds. The summed E-state index contributed by atoms with van der Waals surface area (Å²) in [7, 11) is 1.78. The number of aryl methyl sites for hydroxylation is 1. The number of nitrogen functional groups attached to an aromatic ring is 1. The zero-order valence-corrected chi connectivity index (χ0v) is 6.52. The Bertz CT molecular complexity index is 353. The number of aromatic nitrogens is 5. The van der Waals surface area contributed by atoms with E-state index in [4.69, 9.17) is 5.73 Å². The van der Waals surface area contributed by atoms with Crippen LogP contribution < -0.4 is 5.73 Å². The fourth-order valence-corrected chi connectivity index (χ4v) is 0.932. The maximum Gasteiger partial charge on any atom is 0.133 e. The molecule has 2 aromatic heterocycles. The molecule has 0 saturated heterocycles. The summed E-state index contributed by atoms with van der Waals surface area (Å²) >= 11 is 0. The van der Waals surface area contributed by atoms with E-state index < -0.39 is 0 Å². The summed E-state index contributed by atoms with van der Waals surface area (Å²) < 4.78 is 1.59. The lowest BCUT2D eigenvalue weighted by Gasteiger charge is -1.88. The largest absolute Gasteiger partial charge is 0.384 e. The average molecular weight is 164 g/mol. The minimum atomic E-state index is 0.605. The molecule has 62 valence electrons. The molecule has 0 aromatic carbocycles. The predicted molar refractivity (Wildman–Crippen MR) is 43.0 cm³/mol. The van der Waals surface area contributed by atoms with Gasteiger partial charge in [0.1, 0.15) is 17.2 Å². The lowest BCUT2D eigenvalue weighted by molar-refractivity contribution is 0.781. The number of H-pyrrole nitrogens is 1. The summed E-state index contributed by atoms with van der Waals surface area (Å²) in [6.07, 6.45) is 1.60. The number of anilines is 1. The molecule has 2 aromatic rings. The maximum atomic E-state index is 5.59. The molecule has 0 aliphatic rings. The second-order valence-corrected chi connectivity index (χ2v) is 2.43. The molecule has 0 fully saturated rings. The highest BCUT2D eigenvalue weighted by molar-refractivity contribution is 5.56. The molecule has 6 heteroatoms. The molecular formula is C6H8N6. The van der Waals surface area contributed by atoms with Crippen LogP contribution in [0.15, 0.2) is 12.3 Å².